The zero-order chi connectivity index (χ0) is 15.5. The van der Waals surface area contributed by atoms with Gasteiger partial charge in [-0.05, 0) is 67.2 Å². The van der Waals surface area contributed by atoms with Gasteiger partial charge in [0.25, 0.3) is 0 Å². The molecule has 1 saturated carbocycles. The van der Waals surface area contributed by atoms with Crippen LogP contribution in [0.4, 0.5) is 4.39 Å². The Morgan fingerprint density at radius 2 is 1.86 bits per heavy atom. The van der Waals surface area contributed by atoms with Crippen LogP contribution in [0.15, 0.2) is 24.3 Å². The molecule has 0 radical (unpaired) electrons. The Morgan fingerprint density at radius 3 is 2.48 bits per heavy atom. The van der Waals surface area contributed by atoms with Gasteiger partial charge in [-0.15, -0.1) is 0 Å². The van der Waals surface area contributed by atoms with Crippen LogP contribution in [0.2, 0.25) is 0 Å². The van der Waals surface area contributed by atoms with Gasteiger partial charge in [0.1, 0.15) is 5.82 Å². The number of benzene rings is 1. The molecular formula is C19H30FN. The molecule has 1 aromatic rings. The van der Waals surface area contributed by atoms with Crippen molar-refractivity contribution < 1.29 is 4.39 Å². The molecule has 118 valence electrons. The Hall–Kier alpha value is -0.890. The summed E-state index contributed by atoms with van der Waals surface area (Å²) in [4.78, 5) is 0. The van der Waals surface area contributed by atoms with E-state index in [9.17, 15) is 4.39 Å². The summed E-state index contributed by atoms with van der Waals surface area (Å²) in [6.45, 7) is 10.3. The van der Waals surface area contributed by atoms with Crippen LogP contribution in [0.1, 0.15) is 52.5 Å². The molecule has 21 heavy (non-hydrogen) atoms. The standard InChI is InChI=1S/C19H30FN/c1-14(2)21-13-16-9-10-19(3,4)12-17(16)11-15-5-7-18(20)8-6-15/h5-8,14,16-17,21H,9-13H2,1-4H3. The van der Waals surface area contributed by atoms with E-state index in [0.29, 0.717) is 17.4 Å². The van der Waals surface area contributed by atoms with Crippen LogP contribution < -0.4 is 5.32 Å². The molecule has 0 heterocycles. The smallest absolute Gasteiger partial charge is 0.123 e. The monoisotopic (exact) mass is 291 g/mol. The third-order valence-electron chi connectivity index (χ3n) is 4.87. The topological polar surface area (TPSA) is 12.0 Å². The van der Waals surface area contributed by atoms with Gasteiger partial charge >= 0.3 is 0 Å². The fraction of sp³-hybridized carbons (Fsp3) is 0.684. The van der Waals surface area contributed by atoms with E-state index in [1.165, 1.54) is 24.8 Å². The second kappa shape index (κ2) is 6.91. The maximum absolute atomic E-state index is 13.1. The second-order valence-corrected chi connectivity index (χ2v) is 7.82. The lowest BCUT2D eigenvalue weighted by molar-refractivity contribution is 0.114. The number of hydrogen-bond acceptors (Lipinski definition) is 1. The molecule has 1 N–H and O–H groups in total. The largest absolute Gasteiger partial charge is 0.314 e. The third kappa shape index (κ3) is 5.10. The first kappa shape index (κ1) is 16.5. The zero-order valence-electron chi connectivity index (χ0n) is 14.0. The zero-order valence-corrected chi connectivity index (χ0v) is 14.0. The molecule has 1 aromatic carbocycles. The van der Waals surface area contributed by atoms with Crippen molar-refractivity contribution >= 4 is 0 Å². The van der Waals surface area contributed by atoms with E-state index in [2.05, 4.69) is 33.0 Å². The van der Waals surface area contributed by atoms with E-state index < -0.39 is 0 Å². The number of rotatable bonds is 5. The fourth-order valence-corrected chi connectivity index (χ4v) is 3.61. The van der Waals surface area contributed by atoms with E-state index in [-0.39, 0.29) is 5.82 Å². The number of hydrogen-bond donors (Lipinski definition) is 1. The summed E-state index contributed by atoms with van der Waals surface area (Å²) in [5.41, 5.74) is 1.72. The van der Waals surface area contributed by atoms with Gasteiger partial charge in [0.05, 0.1) is 0 Å². The summed E-state index contributed by atoms with van der Waals surface area (Å²) in [6, 6.07) is 7.62. The highest BCUT2D eigenvalue weighted by Crippen LogP contribution is 2.43. The van der Waals surface area contributed by atoms with Gasteiger partial charge in [-0.3, -0.25) is 0 Å². The van der Waals surface area contributed by atoms with Crippen LogP contribution >= 0.6 is 0 Å². The quantitative estimate of drug-likeness (QED) is 0.821. The summed E-state index contributed by atoms with van der Waals surface area (Å²) >= 11 is 0. The Balaban J connectivity index is 2.03. The molecule has 0 aliphatic heterocycles. The van der Waals surface area contributed by atoms with Crippen LogP contribution in [0.5, 0.6) is 0 Å². The minimum absolute atomic E-state index is 0.138. The summed E-state index contributed by atoms with van der Waals surface area (Å²) < 4.78 is 13.1. The van der Waals surface area contributed by atoms with E-state index in [1.807, 2.05) is 12.1 Å². The molecule has 0 bridgehead atoms. The predicted octanol–water partition coefficient (Wildman–Crippen LogP) is 4.81. The molecule has 1 nitrogen and oxygen atoms in total. The van der Waals surface area contributed by atoms with Crippen molar-refractivity contribution in [3.05, 3.63) is 35.6 Å². The average molecular weight is 291 g/mol. The van der Waals surface area contributed by atoms with Crippen LogP contribution in [-0.2, 0) is 6.42 Å². The Labute approximate surface area is 129 Å². The first-order valence-corrected chi connectivity index (χ1v) is 8.33. The number of halogens is 1. The molecule has 2 rings (SSSR count). The Bertz CT molecular complexity index is 433. The van der Waals surface area contributed by atoms with Gasteiger partial charge in [0.15, 0.2) is 0 Å². The van der Waals surface area contributed by atoms with Crippen LogP contribution in [0.3, 0.4) is 0 Å². The highest BCUT2D eigenvalue weighted by atomic mass is 19.1. The van der Waals surface area contributed by atoms with Gasteiger partial charge in [-0.1, -0.05) is 39.8 Å². The molecule has 0 saturated heterocycles. The van der Waals surface area contributed by atoms with E-state index in [1.54, 1.807) is 12.1 Å². The molecule has 1 aliphatic carbocycles. The predicted molar refractivity (Wildman–Crippen MR) is 87.9 cm³/mol. The van der Waals surface area contributed by atoms with Gasteiger partial charge < -0.3 is 5.32 Å². The molecule has 2 heteroatoms. The first-order valence-electron chi connectivity index (χ1n) is 8.33. The highest BCUT2D eigenvalue weighted by molar-refractivity contribution is 5.17. The maximum atomic E-state index is 13.1. The van der Waals surface area contributed by atoms with Gasteiger partial charge in [-0.25, -0.2) is 4.39 Å². The van der Waals surface area contributed by atoms with Crippen molar-refractivity contribution in [1.82, 2.24) is 5.32 Å². The maximum Gasteiger partial charge on any atom is 0.123 e. The fourth-order valence-electron chi connectivity index (χ4n) is 3.61. The lowest BCUT2D eigenvalue weighted by atomic mass is 9.65. The molecule has 1 aliphatic rings. The van der Waals surface area contributed by atoms with Gasteiger partial charge in [-0.2, -0.15) is 0 Å². The minimum Gasteiger partial charge on any atom is -0.314 e. The van der Waals surface area contributed by atoms with E-state index >= 15 is 0 Å². The lowest BCUT2D eigenvalue weighted by Gasteiger charge is -2.41. The molecular weight excluding hydrogens is 261 g/mol. The molecule has 2 atom stereocenters. The number of nitrogens with one attached hydrogen (secondary N) is 1. The van der Waals surface area contributed by atoms with Crippen molar-refractivity contribution in [1.29, 1.82) is 0 Å². The van der Waals surface area contributed by atoms with Crippen LogP contribution in [0, 0.1) is 23.1 Å². The Kier molecular flexibility index (Phi) is 5.43. The van der Waals surface area contributed by atoms with Crippen molar-refractivity contribution in [2.24, 2.45) is 17.3 Å². The molecule has 2 unspecified atom stereocenters. The third-order valence-corrected chi connectivity index (χ3v) is 4.87. The van der Waals surface area contributed by atoms with Crippen LogP contribution in [0.25, 0.3) is 0 Å². The van der Waals surface area contributed by atoms with Gasteiger partial charge in [0, 0.05) is 6.04 Å². The summed E-state index contributed by atoms with van der Waals surface area (Å²) in [6.07, 6.45) is 4.97. The van der Waals surface area contributed by atoms with Crippen LogP contribution in [-0.4, -0.2) is 12.6 Å². The molecule has 0 spiro atoms. The normalized spacial score (nSPS) is 25.2. The van der Waals surface area contributed by atoms with Crippen molar-refractivity contribution in [2.75, 3.05) is 6.54 Å². The minimum atomic E-state index is -0.138. The second-order valence-electron chi connectivity index (χ2n) is 7.82. The van der Waals surface area contributed by atoms with Gasteiger partial charge in [0.2, 0.25) is 0 Å². The van der Waals surface area contributed by atoms with Crippen molar-refractivity contribution in [3.8, 4) is 0 Å². The SMILES string of the molecule is CC(C)NCC1CCC(C)(C)CC1Cc1ccc(F)cc1. The van der Waals surface area contributed by atoms with Crippen molar-refractivity contribution in [2.45, 2.75) is 59.4 Å². The molecule has 0 amide bonds. The summed E-state index contributed by atoms with van der Waals surface area (Å²) in [7, 11) is 0. The summed E-state index contributed by atoms with van der Waals surface area (Å²) in [5.74, 6) is 1.30. The first-order chi connectivity index (χ1) is 9.85. The van der Waals surface area contributed by atoms with E-state index in [4.69, 9.17) is 0 Å². The Morgan fingerprint density at radius 1 is 1.19 bits per heavy atom. The van der Waals surface area contributed by atoms with E-state index in [0.717, 1.165) is 18.9 Å². The lowest BCUT2D eigenvalue weighted by Crippen LogP contribution is -2.38. The molecule has 1 fully saturated rings. The summed E-state index contributed by atoms with van der Waals surface area (Å²) in [5, 5.41) is 3.61. The van der Waals surface area contributed by atoms with Crippen molar-refractivity contribution in [3.63, 3.8) is 0 Å². The average Bonchev–Trinajstić information content (AvgIpc) is 2.39. The molecule has 0 aromatic heterocycles. The highest BCUT2D eigenvalue weighted by Gasteiger charge is 2.34.